The molecule has 0 radical (unpaired) electrons. The lowest BCUT2D eigenvalue weighted by Gasteiger charge is -2.22. The van der Waals surface area contributed by atoms with Gasteiger partial charge in [0, 0.05) is 94.6 Å². The summed E-state index contributed by atoms with van der Waals surface area (Å²) in [4.78, 5) is 67.4. The number of hydrogen-bond acceptors (Lipinski definition) is 12. The summed E-state index contributed by atoms with van der Waals surface area (Å²) in [6.07, 6.45) is 13.1. The van der Waals surface area contributed by atoms with E-state index in [-0.39, 0.29) is 23.6 Å². The van der Waals surface area contributed by atoms with E-state index < -0.39 is 0 Å². The fourth-order valence-electron chi connectivity index (χ4n) is 12.9. The first-order valence-electron chi connectivity index (χ1n) is 38.4. The standard InChI is InChI=1S/C26H23N3O.C25H21N3O.C24H25N3O.C24H19N3O/c1-19-17-27-25(29-23-10-6-3-7-11-23)16-24(19)21-12-14-22(15-13-21)26(30)28-18-20-8-4-2-5-9-20;29-25(27-18-19-7-3-1-4-8-19)21-13-11-20(12-14-21)22-15-16-26-24(17-22)28-23-9-5-2-6-10-23;2*28-24(27-22-9-5-2-6-10-22)19-13-11-18(12-14-19)20-15-16-25-23(17-20)26-21-7-3-1-4-8-21/h2-17H,18H2,1H3,(H,27,29)(H,28,30);1-17H,18H2,(H,26,28)(H,27,29);1,3-4,7-8,11-17,22H,2,5-6,9-10H2,(H,25,26)(H,27,28);1-17H,(H,25,26)(H,27,28). The topological polar surface area (TPSA) is 216 Å². The zero-order valence-corrected chi connectivity index (χ0v) is 63.7. The van der Waals surface area contributed by atoms with Crippen molar-refractivity contribution in [3.8, 4) is 44.5 Å². The second-order valence-corrected chi connectivity index (χ2v) is 27.4. The molecule has 11 aromatic carbocycles. The predicted molar refractivity (Wildman–Crippen MR) is 466 cm³/mol. The third-order valence-corrected chi connectivity index (χ3v) is 19.0. The van der Waals surface area contributed by atoms with E-state index in [1.54, 1.807) is 18.6 Å². The molecule has 0 aliphatic heterocycles. The van der Waals surface area contributed by atoms with Crippen LogP contribution >= 0.6 is 0 Å². The van der Waals surface area contributed by atoms with Gasteiger partial charge in [-0.3, -0.25) is 19.2 Å². The Morgan fingerprint density at radius 2 is 0.600 bits per heavy atom. The molecule has 4 heterocycles. The van der Waals surface area contributed by atoms with Crippen LogP contribution in [0.4, 0.5) is 51.7 Å². The number of carbonyl (C=O) groups is 4. The molecule has 16 heteroatoms. The van der Waals surface area contributed by atoms with Crippen LogP contribution < -0.4 is 42.5 Å². The van der Waals surface area contributed by atoms with Crippen molar-refractivity contribution in [2.24, 2.45) is 0 Å². The molecule has 0 spiro atoms. The van der Waals surface area contributed by atoms with Crippen LogP contribution in [0.1, 0.15) is 90.2 Å². The number of anilines is 9. The minimum absolute atomic E-state index is 0.0274. The molecule has 1 saturated carbocycles. The smallest absolute Gasteiger partial charge is 0.255 e. The largest absolute Gasteiger partial charge is 0.349 e. The summed E-state index contributed by atoms with van der Waals surface area (Å²) in [6.45, 7) is 3.06. The SMILES string of the molecule is Cc1cnc(Nc2ccccc2)cc1-c1ccc(C(=O)NCc2ccccc2)cc1.O=C(NC1CCCCC1)c1ccc(-c2ccnc(Nc3ccccc3)c2)cc1.O=C(NCc1ccccc1)c1ccc(-c2ccnc(Nc3ccccc3)c2)cc1.O=C(Nc1ccccc1)c1ccc(-c2ccnc(Nc3ccccc3)c2)cc1. The average molecular weight is 1510 g/mol. The van der Waals surface area contributed by atoms with E-state index in [1.165, 1.54) is 19.3 Å². The van der Waals surface area contributed by atoms with Crippen molar-refractivity contribution in [3.63, 3.8) is 0 Å². The Morgan fingerprint density at radius 1 is 0.296 bits per heavy atom. The highest BCUT2D eigenvalue weighted by molar-refractivity contribution is 6.04. The fraction of sp³-hybridized carbons (Fsp3) is 0.0909. The lowest BCUT2D eigenvalue weighted by molar-refractivity contribution is 0.0923. The molecule has 16 nitrogen and oxygen atoms in total. The maximum atomic E-state index is 12.5. The van der Waals surface area contributed by atoms with Crippen molar-refractivity contribution in [2.75, 3.05) is 26.6 Å². The van der Waals surface area contributed by atoms with Gasteiger partial charge in [-0.25, -0.2) is 19.9 Å². The summed E-state index contributed by atoms with van der Waals surface area (Å²) >= 11 is 0. The van der Waals surface area contributed by atoms with Crippen molar-refractivity contribution >= 4 is 75.3 Å². The summed E-state index contributed by atoms with van der Waals surface area (Å²) in [6, 6.07) is 114. The minimum atomic E-state index is -0.126. The number of nitrogens with one attached hydrogen (secondary N) is 8. The molecule has 1 aliphatic rings. The predicted octanol–water partition coefficient (Wildman–Crippen LogP) is 22.5. The number of benzene rings is 11. The molecule has 4 aromatic heterocycles. The monoisotopic (exact) mass is 1510 g/mol. The summed E-state index contributed by atoms with van der Waals surface area (Å²) in [7, 11) is 0. The van der Waals surface area contributed by atoms with Crippen LogP contribution in [0.5, 0.6) is 0 Å². The lowest BCUT2D eigenvalue weighted by Crippen LogP contribution is -2.36. The molecule has 0 bridgehead atoms. The Labute approximate surface area is 671 Å². The normalized spacial score (nSPS) is 11.3. The van der Waals surface area contributed by atoms with Gasteiger partial charge in [-0.2, -0.15) is 0 Å². The van der Waals surface area contributed by atoms with E-state index >= 15 is 0 Å². The third-order valence-electron chi connectivity index (χ3n) is 19.0. The average Bonchev–Trinajstić information content (AvgIpc) is 0.833. The number of aryl methyl sites for hydroxylation is 1. The quantitative estimate of drug-likeness (QED) is 0.0318. The van der Waals surface area contributed by atoms with E-state index in [2.05, 4.69) is 62.5 Å². The van der Waals surface area contributed by atoms with Gasteiger partial charge in [0.1, 0.15) is 23.3 Å². The van der Waals surface area contributed by atoms with E-state index in [1.807, 2.05) is 365 Å². The Kier molecular flexibility index (Phi) is 27.7. The number of hydrogen-bond donors (Lipinski definition) is 8. The molecule has 0 saturated heterocycles. The number of rotatable bonds is 22. The summed E-state index contributed by atoms with van der Waals surface area (Å²) < 4.78 is 0. The van der Waals surface area contributed by atoms with Crippen molar-refractivity contribution in [3.05, 3.63) is 416 Å². The van der Waals surface area contributed by atoms with Gasteiger partial charge in [0.2, 0.25) is 0 Å². The number of pyridine rings is 4. The van der Waals surface area contributed by atoms with Gasteiger partial charge in [0.15, 0.2) is 0 Å². The maximum Gasteiger partial charge on any atom is 0.255 e. The first-order valence-corrected chi connectivity index (χ1v) is 38.4. The minimum Gasteiger partial charge on any atom is -0.349 e. The molecule has 1 fully saturated rings. The van der Waals surface area contributed by atoms with Gasteiger partial charge in [-0.05, 0) is 233 Å². The van der Waals surface area contributed by atoms with E-state index in [0.717, 1.165) is 126 Å². The summed E-state index contributed by atoms with van der Waals surface area (Å²) in [5.74, 6) is 2.87. The highest BCUT2D eigenvalue weighted by Crippen LogP contribution is 2.31. The molecule has 8 N–H and O–H groups in total. The van der Waals surface area contributed by atoms with Crippen LogP contribution in [0, 0.1) is 6.92 Å². The number of nitrogens with zero attached hydrogens (tertiary/aromatic N) is 4. The van der Waals surface area contributed by atoms with Crippen molar-refractivity contribution < 1.29 is 19.2 Å². The third kappa shape index (κ3) is 23.8. The Bertz CT molecular complexity index is 5580. The molecular weight excluding hydrogens is 1420 g/mol. The van der Waals surface area contributed by atoms with Gasteiger partial charge in [0.05, 0.1) is 0 Å². The van der Waals surface area contributed by atoms with Gasteiger partial charge >= 0.3 is 0 Å². The van der Waals surface area contributed by atoms with E-state index in [4.69, 9.17) is 0 Å². The zero-order valence-electron chi connectivity index (χ0n) is 63.7. The molecule has 15 aromatic rings. The fourth-order valence-corrected chi connectivity index (χ4v) is 12.9. The van der Waals surface area contributed by atoms with Gasteiger partial charge < -0.3 is 42.5 Å². The number of para-hydroxylation sites is 5. The first-order chi connectivity index (χ1) is 56.5. The Balaban J connectivity index is 0.000000134. The van der Waals surface area contributed by atoms with Crippen LogP contribution in [-0.2, 0) is 13.1 Å². The first kappa shape index (κ1) is 78.2. The molecule has 0 unspecified atom stereocenters. The zero-order chi connectivity index (χ0) is 79.0. The van der Waals surface area contributed by atoms with Crippen LogP contribution in [-0.4, -0.2) is 49.6 Å². The summed E-state index contributed by atoms with van der Waals surface area (Å²) in [5, 5.41) is 25.2. The van der Waals surface area contributed by atoms with Crippen LogP contribution in [0.15, 0.2) is 377 Å². The molecule has 115 heavy (non-hydrogen) atoms. The number of amides is 4. The second kappa shape index (κ2) is 40.7. The summed E-state index contributed by atoms with van der Waals surface area (Å²) in [5.41, 5.74) is 19.0. The molecular formula is C99H88N12O4. The maximum absolute atomic E-state index is 12.5. The van der Waals surface area contributed by atoms with Crippen LogP contribution in [0.25, 0.3) is 44.5 Å². The van der Waals surface area contributed by atoms with E-state index in [0.29, 0.717) is 41.4 Å². The molecule has 568 valence electrons. The van der Waals surface area contributed by atoms with Gasteiger partial charge in [-0.1, -0.05) is 219 Å². The van der Waals surface area contributed by atoms with Crippen LogP contribution in [0.2, 0.25) is 0 Å². The molecule has 0 atom stereocenters. The molecule has 16 rings (SSSR count). The van der Waals surface area contributed by atoms with E-state index in [9.17, 15) is 19.2 Å². The number of aromatic nitrogens is 4. The van der Waals surface area contributed by atoms with Crippen LogP contribution in [0.3, 0.4) is 0 Å². The lowest BCUT2D eigenvalue weighted by atomic mass is 9.95. The Hall–Kier alpha value is -14.9. The highest BCUT2D eigenvalue weighted by atomic mass is 16.2. The van der Waals surface area contributed by atoms with Gasteiger partial charge in [0.25, 0.3) is 23.6 Å². The van der Waals surface area contributed by atoms with Gasteiger partial charge in [-0.15, -0.1) is 0 Å². The van der Waals surface area contributed by atoms with Crippen molar-refractivity contribution in [1.29, 1.82) is 0 Å². The Morgan fingerprint density at radius 3 is 0.957 bits per heavy atom. The van der Waals surface area contributed by atoms with Crippen molar-refractivity contribution in [1.82, 2.24) is 35.9 Å². The number of carbonyl (C=O) groups excluding carboxylic acids is 4. The second-order valence-electron chi connectivity index (χ2n) is 27.4. The highest BCUT2D eigenvalue weighted by Gasteiger charge is 2.18. The molecule has 4 amide bonds. The molecule has 1 aliphatic carbocycles. The van der Waals surface area contributed by atoms with Crippen molar-refractivity contribution in [2.45, 2.75) is 58.2 Å².